The van der Waals surface area contributed by atoms with Crippen LogP contribution in [0, 0.1) is 0 Å². The Morgan fingerprint density at radius 1 is 1.00 bits per heavy atom. The summed E-state index contributed by atoms with van der Waals surface area (Å²) >= 11 is -2.48. The maximum atomic E-state index is 11.1. The van der Waals surface area contributed by atoms with Crippen LogP contribution in [0.25, 0.3) is 10.8 Å². The van der Waals surface area contributed by atoms with Gasteiger partial charge in [-0.1, -0.05) is 30.3 Å². The Hall–Kier alpha value is -2.77. The van der Waals surface area contributed by atoms with Crippen LogP contribution in [-0.2, 0) is 11.4 Å². The summed E-state index contributed by atoms with van der Waals surface area (Å²) in [5.41, 5.74) is 7.31. The van der Waals surface area contributed by atoms with Crippen LogP contribution in [0.4, 0.5) is 17.1 Å². The lowest BCUT2D eigenvalue weighted by Gasteiger charge is -2.08. The van der Waals surface area contributed by atoms with Gasteiger partial charge in [0.1, 0.15) is 5.69 Å². The van der Waals surface area contributed by atoms with Gasteiger partial charge in [0.25, 0.3) is 0 Å². The van der Waals surface area contributed by atoms with Crippen molar-refractivity contribution < 1.29 is 12.9 Å². The molecule has 0 aliphatic carbocycles. The third-order valence-electron chi connectivity index (χ3n) is 3.16. The fourth-order valence-corrected chi connectivity index (χ4v) is 2.46. The van der Waals surface area contributed by atoms with E-state index in [1.807, 2.05) is 24.3 Å². The molecule has 0 aromatic heterocycles. The number of hydrogen-bond donors (Lipinski definition) is 2. The second kappa shape index (κ2) is 6.55. The molecule has 116 valence electrons. The fraction of sp³-hybridized carbons (Fsp3) is 0. The molecule has 23 heavy (non-hydrogen) atoms. The van der Waals surface area contributed by atoms with Gasteiger partial charge in [-0.2, -0.15) is 9.32 Å². The van der Waals surface area contributed by atoms with Crippen molar-refractivity contribution in [3.8, 4) is 5.75 Å². The molecule has 0 saturated carbocycles. The van der Waals surface area contributed by atoms with Crippen LogP contribution in [0.3, 0.4) is 0 Å². The summed E-state index contributed by atoms with van der Waals surface area (Å²) in [6, 6.07) is 17.9. The molecule has 3 aromatic rings. The van der Waals surface area contributed by atoms with Gasteiger partial charge < -0.3 is 9.92 Å². The maximum absolute atomic E-state index is 11.1. The van der Waals surface area contributed by atoms with Crippen molar-refractivity contribution in [1.82, 2.24) is 0 Å². The topological polar surface area (TPSA) is 97.3 Å². The van der Waals surface area contributed by atoms with Crippen molar-refractivity contribution in [3.63, 3.8) is 0 Å². The van der Waals surface area contributed by atoms with Gasteiger partial charge in [-0.25, -0.2) is 0 Å². The molecule has 0 heterocycles. The molecule has 0 radical (unpaired) electrons. The molecule has 0 bridgehead atoms. The van der Waals surface area contributed by atoms with Crippen LogP contribution in [0.2, 0.25) is 0 Å². The second-order valence-electron chi connectivity index (χ2n) is 4.73. The quantitative estimate of drug-likeness (QED) is 0.423. The third kappa shape index (κ3) is 3.53. The van der Waals surface area contributed by atoms with Crippen LogP contribution in [0.15, 0.2) is 70.9 Å². The fourth-order valence-electron chi connectivity index (χ4n) is 2.14. The van der Waals surface area contributed by atoms with Gasteiger partial charge in [-0.05, 0) is 35.7 Å². The molecular weight excluding hydrogens is 314 g/mol. The first-order valence-corrected chi connectivity index (χ1v) is 7.75. The minimum Gasteiger partial charge on any atom is -0.399 e. The summed E-state index contributed by atoms with van der Waals surface area (Å²) in [4.78, 5) is 0. The zero-order valence-electron chi connectivity index (χ0n) is 11.9. The number of nitrogens with two attached hydrogens (primary N) is 1. The van der Waals surface area contributed by atoms with Crippen LogP contribution in [0.5, 0.6) is 5.75 Å². The van der Waals surface area contributed by atoms with E-state index in [0.717, 1.165) is 5.39 Å². The SMILES string of the molecule is Nc1ccc2ccc(N=Nc3ccccc3)c(OS(=O)O)c2c1. The lowest BCUT2D eigenvalue weighted by atomic mass is 10.1. The number of hydrogen-bond acceptors (Lipinski definition) is 5. The molecule has 7 heteroatoms. The minimum atomic E-state index is -2.48. The van der Waals surface area contributed by atoms with E-state index in [-0.39, 0.29) is 5.75 Å². The standard InChI is InChI=1S/C16H13N3O3S/c17-12-8-6-11-7-9-15(16(14(11)10-12)22-23(20)21)19-18-13-4-2-1-3-5-13/h1-10H,17H2,(H,20,21). The molecule has 3 rings (SSSR count). The van der Waals surface area contributed by atoms with Crippen molar-refractivity contribution >= 4 is 39.2 Å². The first-order valence-electron chi connectivity index (χ1n) is 6.72. The summed E-state index contributed by atoms with van der Waals surface area (Å²) in [6.45, 7) is 0. The predicted molar refractivity (Wildman–Crippen MR) is 90.4 cm³/mol. The van der Waals surface area contributed by atoms with Crippen molar-refractivity contribution in [2.75, 3.05) is 5.73 Å². The monoisotopic (exact) mass is 327 g/mol. The Morgan fingerprint density at radius 2 is 1.74 bits per heavy atom. The van der Waals surface area contributed by atoms with Gasteiger partial charge in [0.15, 0.2) is 5.75 Å². The summed E-state index contributed by atoms with van der Waals surface area (Å²) in [5.74, 6) is 0.162. The van der Waals surface area contributed by atoms with E-state index in [1.54, 1.807) is 36.4 Å². The zero-order valence-corrected chi connectivity index (χ0v) is 12.7. The Balaban J connectivity index is 2.11. The van der Waals surface area contributed by atoms with E-state index in [9.17, 15) is 4.21 Å². The normalized spacial score (nSPS) is 12.6. The smallest absolute Gasteiger partial charge is 0.357 e. The average molecular weight is 327 g/mol. The molecule has 6 nitrogen and oxygen atoms in total. The predicted octanol–water partition coefficient (Wildman–Crippen LogP) is 4.35. The molecule has 0 amide bonds. The highest BCUT2D eigenvalue weighted by atomic mass is 32.2. The van der Waals surface area contributed by atoms with Gasteiger partial charge in [0.2, 0.25) is 0 Å². The molecule has 3 N–H and O–H groups in total. The van der Waals surface area contributed by atoms with E-state index >= 15 is 0 Å². The maximum Gasteiger partial charge on any atom is 0.357 e. The Kier molecular flexibility index (Phi) is 4.31. The Bertz CT molecular complexity index is 898. The van der Waals surface area contributed by atoms with Crippen molar-refractivity contribution in [2.24, 2.45) is 10.2 Å². The highest BCUT2D eigenvalue weighted by Crippen LogP contribution is 2.38. The molecule has 1 atom stereocenters. The first kappa shape index (κ1) is 15.1. The molecule has 3 aromatic carbocycles. The Morgan fingerprint density at radius 3 is 2.48 bits per heavy atom. The lowest BCUT2D eigenvalue weighted by Crippen LogP contribution is -1.98. The highest BCUT2D eigenvalue weighted by molar-refractivity contribution is 7.74. The first-order chi connectivity index (χ1) is 11.1. The van der Waals surface area contributed by atoms with Crippen LogP contribution in [0.1, 0.15) is 0 Å². The number of fused-ring (bicyclic) bond motifs is 1. The highest BCUT2D eigenvalue weighted by Gasteiger charge is 2.12. The lowest BCUT2D eigenvalue weighted by molar-refractivity contribution is 0.460. The number of nitrogen functional groups attached to an aromatic ring is 1. The molecule has 0 fully saturated rings. The molecule has 0 aliphatic heterocycles. The summed E-state index contributed by atoms with van der Waals surface area (Å²) < 4.78 is 25.2. The molecule has 1 unspecified atom stereocenters. The summed E-state index contributed by atoms with van der Waals surface area (Å²) in [6.07, 6.45) is 0. The average Bonchev–Trinajstić information content (AvgIpc) is 2.55. The van der Waals surface area contributed by atoms with Crippen molar-refractivity contribution in [1.29, 1.82) is 0 Å². The number of anilines is 1. The number of benzene rings is 3. The van der Waals surface area contributed by atoms with E-state index in [2.05, 4.69) is 10.2 Å². The number of nitrogens with zero attached hydrogens (tertiary/aromatic N) is 2. The van der Waals surface area contributed by atoms with Gasteiger partial charge in [-0.3, -0.25) is 4.55 Å². The number of azo groups is 1. The molecule has 0 aliphatic rings. The minimum absolute atomic E-state index is 0.162. The van der Waals surface area contributed by atoms with Crippen LogP contribution >= 0.6 is 0 Å². The molecule has 0 saturated heterocycles. The van der Waals surface area contributed by atoms with Crippen LogP contribution < -0.4 is 9.92 Å². The van der Waals surface area contributed by atoms with Gasteiger partial charge >= 0.3 is 11.4 Å². The van der Waals surface area contributed by atoms with E-state index < -0.39 is 11.4 Å². The van der Waals surface area contributed by atoms with E-state index in [1.165, 1.54) is 0 Å². The van der Waals surface area contributed by atoms with Gasteiger partial charge in [0.05, 0.1) is 5.69 Å². The van der Waals surface area contributed by atoms with Crippen molar-refractivity contribution in [3.05, 3.63) is 60.7 Å². The Labute approximate surface area is 135 Å². The van der Waals surface area contributed by atoms with E-state index in [4.69, 9.17) is 14.5 Å². The number of rotatable bonds is 4. The zero-order chi connectivity index (χ0) is 16.2. The van der Waals surface area contributed by atoms with Crippen molar-refractivity contribution in [2.45, 2.75) is 0 Å². The van der Waals surface area contributed by atoms with Gasteiger partial charge in [-0.15, -0.1) is 5.11 Å². The van der Waals surface area contributed by atoms with E-state index in [0.29, 0.717) is 22.4 Å². The summed E-state index contributed by atoms with van der Waals surface area (Å²) in [7, 11) is 0. The van der Waals surface area contributed by atoms with Gasteiger partial charge in [0, 0.05) is 11.1 Å². The molecule has 0 spiro atoms. The molecular formula is C16H13N3O3S. The third-order valence-corrected chi connectivity index (χ3v) is 3.47. The second-order valence-corrected chi connectivity index (χ2v) is 5.33. The summed E-state index contributed by atoms with van der Waals surface area (Å²) in [5, 5.41) is 9.64. The van der Waals surface area contributed by atoms with Crippen LogP contribution in [-0.4, -0.2) is 8.76 Å². The largest absolute Gasteiger partial charge is 0.399 e.